The molecule has 0 aliphatic carbocycles. The Bertz CT molecular complexity index is 669. The van der Waals surface area contributed by atoms with E-state index in [0.29, 0.717) is 30.0 Å². The van der Waals surface area contributed by atoms with Gasteiger partial charge in [0.1, 0.15) is 5.75 Å². The summed E-state index contributed by atoms with van der Waals surface area (Å²) in [5.41, 5.74) is -0.399. The van der Waals surface area contributed by atoms with Crippen molar-refractivity contribution in [2.24, 2.45) is 5.41 Å². The lowest BCUT2D eigenvalue weighted by Gasteiger charge is -2.30. The van der Waals surface area contributed by atoms with Crippen molar-refractivity contribution in [3.05, 3.63) is 59.9 Å². The normalized spacial score (nSPS) is 23.8. The molecule has 0 saturated heterocycles. The highest BCUT2D eigenvalue weighted by Crippen LogP contribution is 2.45. The van der Waals surface area contributed by atoms with Crippen LogP contribution in [0.1, 0.15) is 31.5 Å². The molecule has 4 nitrogen and oxygen atoms in total. The van der Waals surface area contributed by atoms with E-state index in [1.807, 2.05) is 24.3 Å². The third-order valence-corrected chi connectivity index (χ3v) is 3.95. The van der Waals surface area contributed by atoms with Crippen molar-refractivity contribution >= 4 is 0 Å². The molecule has 2 aromatic rings. The minimum atomic E-state index is -1.30. The second-order valence-electron chi connectivity index (χ2n) is 6.42. The molecule has 1 aromatic carbocycles. The lowest BCUT2D eigenvalue weighted by Crippen LogP contribution is -2.46. The molecule has 4 heteroatoms. The topological polar surface area (TPSA) is 53.6 Å². The number of para-hydroxylation sites is 1. The van der Waals surface area contributed by atoms with Crippen LogP contribution < -0.4 is 9.47 Å². The highest BCUT2D eigenvalue weighted by molar-refractivity contribution is 5.43. The van der Waals surface area contributed by atoms with E-state index in [1.165, 1.54) is 6.20 Å². The maximum atomic E-state index is 11.4. The van der Waals surface area contributed by atoms with Crippen molar-refractivity contribution < 1.29 is 19.8 Å². The molecule has 1 atom stereocenters. The van der Waals surface area contributed by atoms with Crippen molar-refractivity contribution in [3.63, 3.8) is 0 Å². The minimum absolute atomic E-state index is 0.226. The third kappa shape index (κ3) is 2.36. The first-order chi connectivity index (χ1) is 9.92. The Morgan fingerprint density at radius 2 is 1.81 bits per heavy atom. The summed E-state index contributed by atoms with van der Waals surface area (Å²) in [6.07, 6.45) is 1.98. The van der Waals surface area contributed by atoms with Crippen LogP contribution in [-0.2, 0) is 5.60 Å². The zero-order chi connectivity index (χ0) is 15.1. The molecule has 1 unspecified atom stereocenters. The van der Waals surface area contributed by atoms with Crippen LogP contribution in [0.15, 0.2) is 48.7 Å². The van der Waals surface area contributed by atoms with Gasteiger partial charge in [-0.1, -0.05) is 32.0 Å². The van der Waals surface area contributed by atoms with Crippen molar-refractivity contribution in [1.29, 1.82) is 0 Å². The number of hydrogen-bond donors (Lipinski definition) is 2. The van der Waals surface area contributed by atoms with Gasteiger partial charge in [-0.05, 0) is 18.6 Å². The molecule has 0 fully saturated rings. The Morgan fingerprint density at radius 1 is 1.10 bits per heavy atom. The maximum absolute atomic E-state index is 11.4. The van der Waals surface area contributed by atoms with Gasteiger partial charge in [0.25, 0.3) is 5.69 Å². The van der Waals surface area contributed by atoms with Gasteiger partial charge in [0.05, 0.1) is 6.61 Å². The fourth-order valence-electron chi connectivity index (χ4n) is 3.04. The van der Waals surface area contributed by atoms with Crippen LogP contribution in [-0.4, -0.2) is 16.9 Å². The Kier molecular flexibility index (Phi) is 3.14. The van der Waals surface area contributed by atoms with Gasteiger partial charge in [0, 0.05) is 27.8 Å². The Labute approximate surface area is 124 Å². The zero-order valence-corrected chi connectivity index (χ0v) is 12.3. The first-order valence-electron chi connectivity index (χ1n) is 7.07. The molecule has 21 heavy (non-hydrogen) atoms. The van der Waals surface area contributed by atoms with E-state index in [0.717, 1.165) is 4.73 Å². The molecular formula is C17H20NO3+. The Balaban J connectivity index is 2.24. The molecule has 1 aliphatic heterocycles. The molecule has 0 bridgehead atoms. The van der Waals surface area contributed by atoms with Gasteiger partial charge < -0.3 is 9.84 Å². The van der Waals surface area contributed by atoms with Crippen LogP contribution in [0.3, 0.4) is 0 Å². The number of benzene rings is 1. The van der Waals surface area contributed by atoms with E-state index in [4.69, 9.17) is 4.74 Å². The smallest absolute Gasteiger partial charge is 0.270 e. The summed E-state index contributed by atoms with van der Waals surface area (Å²) in [5.74, 6) is 0.662. The molecule has 1 aliphatic rings. The molecule has 0 spiro atoms. The number of aliphatic hydroxyl groups is 1. The van der Waals surface area contributed by atoms with Gasteiger partial charge >= 0.3 is 0 Å². The average molecular weight is 286 g/mol. The Morgan fingerprint density at radius 3 is 2.57 bits per heavy atom. The van der Waals surface area contributed by atoms with E-state index in [2.05, 4.69) is 13.8 Å². The van der Waals surface area contributed by atoms with Crippen LogP contribution >= 0.6 is 0 Å². The fourth-order valence-corrected chi connectivity index (χ4v) is 3.04. The number of aromatic nitrogens is 1. The van der Waals surface area contributed by atoms with Gasteiger partial charge in [-0.2, -0.15) is 0 Å². The summed E-state index contributed by atoms with van der Waals surface area (Å²) < 4.78 is 6.85. The summed E-state index contributed by atoms with van der Waals surface area (Å²) in [4.78, 5) is 0. The fraction of sp³-hybridized carbons (Fsp3) is 0.353. The number of ether oxygens (including phenoxy) is 1. The summed E-state index contributed by atoms with van der Waals surface area (Å²) in [5, 5.41) is 21.6. The van der Waals surface area contributed by atoms with Gasteiger partial charge in [-0.3, -0.25) is 5.21 Å². The highest BCUT2D eigenvalue weighted by atomic mass is 16.5. The van der Waals surface area contributed by atoms with Gasteiger partial charge in [-0.15, -0.1) is 0 Å². The first-order valence-corrected chi connectivity index (χ1v) is 7.07. The van der Waals surface area contributed by atoms with E-state index in [1.54, 1.807) is 18.2 Å². The van der Waals surface area contributed by atoms with E-state index in [-0.39, 0.29) is 5.41 Å². The average Bonchev–Trinajstić information content (AvgIpc) is 2.55. The lowest BCUT2D eigenvalue weighted by atomic mass is 9.76. The monoisotopic (exact) mass is 286 g/mol. The van der Waals surface area contributed by atoms with Crippen LogP contribution in [0.5, 0.6) is 5.75 Å². The number of rotatable bonds is 1. The molecule has 2 N–H and O–H groups in total. The van der Waals surface area contributed by atoms with Crippen LogP contribution in [0.2, 0.25) is 0 Å². The minimum Gasteiger partial charge on any atom is -0.493 e. The standard InChI is InChI=1S/C17H20NO3/c1-16(2)11-17(19,15-9-5-6-10-18(15)20)13-7-3-4-8-14(13)21-12-16/h3-10,19-20H,11-12H2,1-2H3/q+1. The quantitative estimate of drug-likeness (QED) is 0.624. The molecule has 3 rings (SSSR count). The summed E-state index contributed by atoms with van der Waals surface area (Å²) in [7, 11) is 0. The second-order valence-corrected chi connectivity index (χ2v) is 6.42. The van der Waals surface area contributed by atoms with E-state index in [9.17, 15) is 10.3 Å². The van der Waals surface area contributed by atoms with Gasteiger partial charge in [0.15, 0.2) is 5.60 Å². The molecular weight excluding hydrogens is 266 g/mol. The number of nitrogens with zero attached hydrogens (tertiary/aromatic N) is 1. The Hall–Kier alpha value is -2.07. The lowest BCUT2D eigenvalue weighted by molar-refractivity contribution is -0.912. The number of pyridine rings is 1. The summed E-state index contributed by atoms with van der Waals surface area (Å²) >= 11 is 0. The molecule has 0 amide bonds. The number of hydrogen-bond acceptors (Lipinski definition) is 3. The predicted octanol–water partition coefficient (Wildman–Crippen LogP) is 2.26. The van der Waals surface area contributed by atoms with Crippen molar-refractivity contribution in [2.45, 2.75) is 25.9 Å². The summed E-state index contributed by atoms with van der Waals surface area (Å²) in [6.45, 7) is 4.62. The van der Waals surface area contributed by atoms with E-state index >= 15 is 0 Å². The van der Waals surface area contributed by atoms with Crippen molar-refractivity contribution in [2.75, 3.05) is 6.61 Å². The maximum Gasteiger partial charge on any atom is 0.270 e. The van der Waals surface area contributed by atoms with Gasteiger partial charge in [-0.25, -0.2) is 0 Å². The van der Waals surface area contributed by atoms with E-state index < -0.39 is 5.60 Å². The second kappa shape index (κ2) is 4.74. The van der Waals surface area contributed by atoms with Crippen molar-refractivity contribution in [3.8, 4) is 5.75 Å². The molecule has 110 valence electrons. The molecule has 0 saturated carbocycles. The summed E-state index contributed by atoms with van der Waals surface area (Å²) in [6, 6.07) is 12.7. The number of fused-ring (bicyclic) bond motifs is 1. The highest BCUT2D eigenvalue weighted by Gasteiger charge is 2.48. The molecule has 1 aromatic heterocycles. The van der Waals surface area contributed by atoms with Gasteiger partial charge in [0.2, 0.25) is 6.20 Å². The molecule has 0 radical (unpaired) electrons. The van der Waals surface area contributed by atoms with Crippen LogP contribution in [0, 0.1) is 5.41 Å². The van der Waals surface area contributed by atoms with Crippen molar-refractivity contribution in [1.82, 2.24) is 0 Å². The van der Waals surface area contributed by atoms with Crippen LogP contribution in [0.25, 0.3) is 0 Å². The third-order valence-electron chi connectivity index (χ3n) is 3.95. The largest absolute Gasteiger partial charge is 0.493 e. The predicted molar refractivity (Wildman–Crippen MR) is 77.2 cm³/mol. The first kappa shape index (κ1) is 13.9. The zero-order valence-electron chi connectivity index (χ0n) is 12.3. The SMILES string of the molecule is CC1(C)COc2ccccc2C(O)(c2cccc[n+]2O)C1. The van der Waals surface area contributed by atoms with Crippen LogP contribution in [0.4, 0.5) is 0 Å². The molecule has 2 heterocycles.